The van der Waals surface area contributed by atoms with Crippen molar-refractivity contribution >= 4 is 22.6 Å². The minimum atomic E-state index is -5.30. The van der Waals surface area contributed by atoms with Crippen LogP contribution in [0.1, 0.15) is 17.8 Å². The number of aromatic nitrogens is 1. The van der Waals surface area contributed by atoms with E-state index in [1.54, 1.807) is 0 Å². The first-order valence-electron chi connectivity index (χ1n) is 4.23. The van der Waals surface area contributed by atoms with Crippen LogP contribution < -0.4 is 4.74 Å². The lowest BCUT2D eigenvalue weighted by Gasteiger charge is -2.15. The van der Waals surface area contributed by atoms with E-state index in [1.165, 1.54) is 0 Å². The van der Waals surface area contributed by atoms with E-state index in [0.717, 1.165) is 22.6 Å². The van der Waals surface area contributed by atoms with E-state index in [9.17, 15) is 35.1 Å². The Bertz CT molecular complexity index is 469. The quantitative estimate of drug-likeness (QED) is 0.531. The predicted octanol–water partition coefficient (Wildman–Crippen LogP) is 4.54. The van der Waals surface area contributed by atoms with E-state index in [2.05, 4.69) is 9.72 Å². The fourth-order valence-corrected chi connectivity index (χ4v) is 1.72. The summed E-state index contributed by atoms with van der Waals surface area (Å²) in [6.07, 6.45) is -13.9. The Hall–Kier alpha value is -0.880. The van der Waals surface area contributed by atoms with Crippen LogP contribution in [0.25, 0.3) is 0 Å². The summed E-state index contributed by atoms with van der Waals surface area (Å²) in [5, 5.41) is 0. The van der Waals surface area contributed by atoms with Crippen LogP contribution in [-0.4, -0.2) is 11.3 Å². The Morgan fingerprint density at radius 3 is 2.00 bits per heavy atom. The van der Waals surface area contributed by atoms with Crippen molar-refractivity contribution in [3.05, 3.63) is 21.0 Å². The molecule has 0 unspecified atom stereocenters. The van der Waals surface area contributed by atoms with E-state index in [1.807, 2.05) is 0 Å². The van der Waals surface area contributed by atoms with Crippen molar-refractivity contribution < 1.29 is 39.9 Å². The number of rotatable bonds is 2. The summed E-state index contributed by atoms with van der Waals surface area (Å²) in [5.74, 6) is -1.37. The molecule has 0 aliphatic carbocycles. The lowest BCUT2D eigenvalue weighted by Crippen LogP contribution is -2.20. The zero-order chi connectivity index (χ0) is 15.0. The van der Waals surface area contributed by atoms with Crippen LogP contribution in [0.4, 0.5) is 35.1 Å². The van der Waals surface area contributed by atoms with Crippen molar-refractivity contribution in [1.29, 1.82) is 0 Å². The third-order valence-corrected chi connectivity index (χ3v) is 2.70. The van der Waals surface area contributed by atoms with Gasteiger partial charge in [-0.25, -0.2) is 13.8 Å². The molecule has 0 fully saturated rings. The maximum atomic E-state index is 12.5. The summed E-state index contributed by atoms with van der Waals surface area (Å²) in [4.78, 5) is 2.60. The van der Waals surface area contributed by atoms with E-state index in [4.69, 9.17) is 0 Å². The molecular weight excluding hydrogens is 405 g/mol. The van der Waals surface area contributed by atoms with Crippen LogP contribution in [0.5, 0.6) is 5.75 Å². The van der Waals surface area contributed by atoms with Gasteiger partial charge in [0.1, 0.15) is 11.4 Å². The Labute approximate surface area is 113 Å². The highest BCUT2D eigenvalue weighted by molar-refractivity contribution is 14.1. The van der Waals surface area contributed by atoms with Crippen LogP contribution in [0.15, 0.2) is 6.07 Å². The van der Waals surface area contributed by atoms with Gasteiger partial charge >= 0.3 is 12.5 Å². The molecule has 1 heterocycles. The summed E-state index contributed by atoms with van der Waals surface area (Å²) >= 11 is 0.894. The van der Waals surface area contributed by atoms with Gasteiger partial charge in [0.15, 0.2) is 5.69 Å². The van der Waals surface area contributed by atoms with E-state index in [0.29, 0.717) is 0 Å². The molecule has 0 spiro atoms. The smallest absolute Gasteiger partial charge is 0.405 e. The molecule has 0 bridgehead atoms. The lowest BCUT2D eigenvalue weighted by molar-refractivity contribution is -0.275. The van der Waals surface area contributed by atoms with Gasteiger partial charge in [0.2, 0.25) is 0 Å². The molecule has 0 amide bonds. The third kappa shape index (κ3) is 4.31. The number of hydrogen-bond acceptors (Lipinski definition) is 2. The summed E-state index contributed by atoms with van der Waals surface area (Å²) < 4.78 is 100. The normalized spacial score (nSPS) is 12.9. The first-order chi connectivity index (χ1) is 8.42. The van der Waals surface area contributed by atoms with Gasteiger partial charge in [0.25, 0.3) is 6.43 Å². The summed E-state index contributed by atoms with van der Waals surface area (Å²) in [7, 11) is 0. The molecule has 0 radical (unpaired) electrons. The van der Waals surface area contributed by atoms with Crippen molar-refractivity contribution in [2.24, 2.45) is 0 Å². The fourth-order valence-electron chi connectivity index (χ4n) is 1.02. The highest BCUT2D eigenvalue weighted by atomic mass is 127. The molecule has 0 aromatic carbocycles. The molecule has 11 heteroatoms. The molecule has 0 saturated heterocycles. The van der Waals surface area contributed by atoms with Gasteiger partial charge in [-0.2, -0.15) is 13.2 Å². The van der Waals surface area contributed by atoms with Crippen LogP contribution in [0.3, 0.4) is 0 Å². The maximum absolute atomic E-state index is 12.5. The van der Waals surface area contributed by atoms with E-state index < -0.39 is 39.7 Å². The highest BCUT2D eigenvalue weighted by Gasteiger charge is 2.40. The Balaban J connectivity index is 3.42. The summed E-state index contributed by atoms with van der Waals surface area (Å²) in [6.45, 7) is 0. The van der Waals surface area contributed by atoms with Gasteiger partial charge in [-0.15, -0.1) is 13.2 Å². The van der Waals surface area contributed by atoms with Crippen molar-refractivity contribution in [1.82, 2.24) is 4.98 Å². The molecule has 1 aromatic rings. The van der Waals surface area contributed by atoms with Crippen molar-refractivity contribution in [3.63, 3.8) is 0 Å². The highest BCUT2D eigenvalue weighted by Crippen LogP contribution is 2.39. The predicted molar refractivity (Wildman–Crippen MR) is 53.6 cm³/mol. The van der Waals surface area contributed by atoms with Crippen LogP contribution in [0, 0.1) is 3.57 Å². The zero-order valence-corrected chi connectivity index (χ0v) is 10.6. The first-order valence-corrected chi connectivity index (χ1v) is 5.31. The van der Waals surface area contributed by atoms with E-state index >= 15 is 0 Å². The molecule has 0 N–H and O–H groups in total. The number of alkyl halides is 8. The number of pyridine rings is 1. The fraction of sp³-hybridized carbons (Fsp3) is 0.375. The Kier molecular flexibility index (Phi) is 4.47. The second kappa shape index (κ2) is 5.25. The van der Waals surface area contributed by atoms with Crippen molar-refractivity contribution in [2.75, 3.05) is 0 Å². The summed E-state index contributed by atoms with van der Waals surface area (Å²) in [6, 6.07) is 0.120. The van der Waals surface area contributed by atoms with Gasteiger partial charge in [-0.1, -0.05) is 0 Å². The molecule has 2 nitrogen and oxygen atoms in total. The van der Waals surface area contributed by atoms with Gasteiger partial charge in [0, 0.05) is 6.07 Å². The second-order valence-electron chi connectivity index (χ2n) is 3.05. The molecule has 1 rings (SSSR count). The minimum absolute atomic E-state index is 0.120. The second-order valence-corrected chi connectivity index (χ2v) is 4.13. The third-order valence-electron chi connectivity index (χ3n) is 1.66. The molecule has 0 saturated carbocycles. The van der Waals surface area contributed by atoms with Crippen molar-refractivity contribution in [3.8, 4) is 5.75 Å². The molecule has 108 valence electrons. The van der Waals surface area contributed by atoms with E-state index in [-0.39, 0.29) is 6.07 Å². The maximum Gasteiger partial charge on any atom is 0.573 e. The lowest BCUT2D eigenvalue weighted by atomic mass is 10.2. The number of halogens is 9. The van der Waals surface area contributed by atoms with Crippen molar-refractivity contribution in [2.45, 2.75) is 19.0 Å². The van der Waals surface area contributed by atoms with Gasteiger partial charge in [0.05, 0.1) is 3.57 Å². The molecule has 0 aliphatic rings. The topological polar surface area (TPSA) is 22.1 Å². The van der Waals surface area contributed by atoms with Gasteiger partial charge in [-0.05, 0) is 22.6 Å². The largest absolute Gasteiger partial charge is 0.573 e. The van der Waals surface area contributed by atoms with Gasteiger partial charge < -0.3 is 4.74 Å². The average Bonchev–Trinajstić information content (AvgIpc) is 2.16. The summed E-state index contributed by atoms with van der Waals surface area (Å²) in [5.41, 5.74) is -3.31. The number of hydrogen-bond donors (Lipinski definition) is 0. The van der Waals surface area contributed by atoms with Crippen LogP contribution >= 0.6 is 22.6 Å². The number of ether oxygens (including phenoxy) is 1. The molecule has 0 aliphatic heterocycles. The van der Waals surface area contributed by atoms with Crippen LogP contribution in [-0.2, 0) is 6.18 Å². The Morgan fingerprint density at radius 1 is 1.11 bits per heavy atom. The monoisotopic (exact) mass is 407 g/mol. The van der Waals surface area contributed by atoms with Crippen LogP contribution in [0.2, 0.25) is 0 Å². The Morgan fingerprint density at radius 2 is 1.63 bits per heavy atom. The average molecular weight is 407 g/mol. The number of nitrogens with zero attached hydrogens (tertiary/aromatic N) is 1. The molecule has 0 atom stereocenters. The molecule has 19 heavy (non-hydrogen) atoms. The standard InChI is InChI=1S/C8H2F8INO/c9-6(10)2-1-3(19-8(14,15)16)4(17)5(18-2)7(11,12)13/h1,6H. The first kappa shape index (κ1) is 16.2. The zero-order valence-electron chi connectivity index (χ0n) is 8.41. The van der Waals surface area contributed by atoms with Gasteiger partial charge in [-0.3, -0.25) is 0 Å². The molecule has 1 aromatic heterocycles. The molecular formula is C8H2F8INO. The minimum Gasteiger partial charge on any atom is -0.405 e. The SMILES string of the molecule is FC(F)c1cc(OC(F)(F)F)c(I)c(C(F)(F)F)n1.